The zero-order valence-corrected chi connectivity index (χ0v) is 74.5. The molecule has 0 unspecified atom stereocenters. The topological polar surface area (TPSA) is 93.2 Å². The van der Waals surface area contributed by atoms with Gasteiger partial charge in [-0.25, -0.2) is 9.80 Å². The molecule has 0 aromatic heterocycles. The van der Waals surface area contributed by atoms with E-state index in [-0.39, 0.29) is 23.6 Å². The monoisotopic (exact) mass is 1650 g/mol. The number of carbonyl (C=O) groups is 4. The van der Waals surface area contributed by atoms with Crippen molar-refractivity contribution in [3.8, 4) is 11.5 Å². The van der Waals surface area contributed by atoms with Crippen LogP contribution < -0.4 is 19.3 Å². The van der Waals surface area contributed by atoms with E-state index >= 15 is 19.2 Å². The Morgan fingerprint density at radius 1 is 0.259 bits per heavy atom. The second kappa shape index (κ2) is 51.0. The van der Waals surface area contributed by atoms with Gasteiger partial charge >= 0.3 is 0 Å². The molecular formula is C102H148Br2N2O6. The molecule has 0 N–H and O–H groups in total. The first kappa shape index (κ1) is 90.6. The van der Waals surface area contributed by atoms with Crippen molar-refractivity contribution in [2.75, 3.05) is 23.0 Å². The van der Waals surface area contributed by atoms with Crippen LogP contribution in [0.2, 0.25) is 0 Å². The number of rotatable bonds is 64. The number of fused-ring (bicyclic) bond motifs is 2. The molecule has 10 heteroatoms. The Labute approximate surface area is 696 Å². The third-order valence-corrected chi connectivity index (χ3v) is 26.4. The van der Waals surface area contributed by atoms with Crippen LogP contribution in [-0.2, 0) is 12.8 Å². The number of hydrogen-bond donors (Lipinski definition) is 0. The van der Waals surface area contributed by atoms with Gasteiger partial charge in [-0.15, -0.1) is 0 Å². The maximum Gasteiger partial charge on any atom is 0.266 e. The van der Waals surface area contributed by atoms with Crippen molar-refractivity contribution in [3.05, 3.63) is 114 Å². The molecule has 8 nitrogen and oxygen atoms in total. The lowest BCUT2D eigenvalue weighted by Gasteiger charge is -2.31. The van der Waals surface area contributed by atoms with Crippen LogP contribution in [0.4, 0.5) is 11.4 Å². The van der Waals surface area contributed by atoms with E-state index in [1.54, 1.807) is 0 Å². The summed E-state index contributed by atoms with van der Waals surface area (Å²) in [5, 5.41) is 6.08. The second-order valence-corrected chi connectivity index (χ2v) is 36.0. The van der Waals surface area contributed by atoms with E-state index in [4.69, 9.17) is 9.47 Å². The van der Waals surface area contributed by atoms with Crippen LogP contribution >= 0.6 is 31.9 Å². The number of nitrogens with zero attached hydrogens (tertiary/aromatic N) is 2. The lowest BCUT2D eigenvalue weighted by Crippen LogP contribution is -2.41. The quantitative estimate of drug-likeness (QED) is 0.0163. The number of hydrogen-bond acceptors (Lipinski definition) is 6. The normalized spacial score (nSPS) is 13.0. The molecule has 9 rings (SSSR count). The molecule has 2 aliphatic rings. The first-order valence-electron chi connectivity index (χ1n) is 46.8. The van der Waals surface area contributed by atoms with Crippen LogP contribution in [0.1, 0.15) is 451 Å². The Bertz CT molecular complexity index is 3750. The number of carbonyl (C=O) groups excluding carboxylic acids is 4. The molecule has 0 saturated heterocycles. The molecule has 7 aromatic rings. The first-order chi connectivity index (χ1) is 54.9. The molecule has 2 heterocycles. The minimum atomic E-state index is -0.384. The first-order valence-corrected chi connectivity index (χ1v) is 48.4. The Balaban J connectivity index is 0.885. The van der Waals surface area contributed by atoms with Crippen molar-refractivity contribution < 1.29 is 28.7 Å². The van der Waals surface area contributed by atoms with E-state index in [1.807, 2.05) is 60.7 Å². The molecule has 616 valence electrons. The largest absolute Gasteiger partial charge is 0.493 e. The smallest absolute Gasteiger partial charge is 0.266 e. The van der Waals surface area contributed by atoms with E-state index in [2.05, 4.69) is 73.4 Å². The Morgan fingerprint density at radius 3 is 0.750 bits per heavy atom. The van der Waals surface area contributed by atoms with E-state index in [1.165, 1.54) is 329 Å². The molecule has 0 saturated carbocycles. The third-order valence-electron chi connectivity index (χ3n) is 25.2. The standard InChI is InChI=1S/C102H148Br2N2O6/c1-7-11-15-19-23-27-31-33-35-37-39-41-43-45-47-51-55-59-63-81-77(5)71-79(73-91(81)111-69-61-57-53-49-29-25-21-17-13-9-3)105-99(107)85-67-65-83-96-90(104)76-88-94-86(68-66-84(98(94)96)95-89(103)75-87(101(105)109)93(85)97(83)95)100(108)106(102(88)110)80-72-78(6)82(92(74-80)112-70-62-58-54-50-30-26-22-18-14-10-4)64-60-56-52-48-46-44-42-40-38-36-34-32-28-24-20-16-12-8-2/h65-68,71-76H,7-64,69-70H2,1-6H3. The lowest BCUT2D eigenvalue weighted by atomic mass is 9.82. The average Bonchev–Trinajstić information content (AvgIpc) is 0.681. The van der Waals surface area contributed by atoms with Gasteiger partial charge in [-0.05, 0) is 122 Å². The van der Waals surface area contributed by atoms with Crippen molar-refractivity contribution in [2.45, 2.75) is 414 Å². The highest BCUT2D eigenvalue weighted by molar-refractivity contribution is 9.11. The fraction of sp³-hybridized carbons (Fsp3) is 0.647. The summed E-state index contributed by atoms with van der Waals surface area (Å²) in [4.78, 5) is 64.6. The van der Waals surface area contributed by atoms with Crippen LogP contribution in [0.5, 0.6) is 11.5 Å². The number of anilines is 2. The van der Waals surface area contributed by atoms with Crippen molar-refractivity contribution in [2.24, 2.45) is 0 Å². The average molecular weight is 1660 g/mol. The van der Waals surface area contributed by atoms with Gasteiger partial charge in [-0.1, -0.05) is 406 Å². The molecule has 0 spiro atoms. The van der Waals surface area contributed by atoms with Gasteiger partial charge in [-0.3, -0.25) is 19.2 Å². The molecule has 0 atom stereocenters. The molecule has 0 aliphatic carbocycles. The van der Waals surface area contributed by atoms with Gasteiger partial charge in [0, 0.05) is 64.5 Å². The number of aryl methyl sites for hydroxylation is 2. The number of halogens is 2. The third kappa shape index (κ3) is 26.3. The minimum absolute atomic E-state index is 0.374. The predicted molar refractivity (Wildman–Crippen MR) is 487 cm³/mol. The molecule has 2 aliphatic heterocycles. The predicted octanol–water partition coefficient (Wildman–Crippen LogP) is 33.2. The number of imide groups is 2. The highest BCUT2D eigenvalue weighted by Gasteiger charge is 2.40. The van der Waals surface area contributed by atoms with Gasteiger partial charge in [0.15, 0.2) is 0 Å². The second-order valence-electron chi connectivity index (χ2n) is 34.3. The summed E-state index contributed by atoms with van der Waals surface area (Å²) in [5.74, 6) is 0.0408. The van der Waals surface area contributed by atoms with Crippen molar-refractivity contribution >= 4 is 110 Å². The van der Waals surface area contributed by atoms with Crippen molar-refractivity contribution in [1.82, 2.24) is 0 Å². The highest BCUT2D eigenvalue weighted by atomic mass is 79.9. The summed E-state index contributed by atoms with van der Waals surface area (Å²) < 4.78 is 15.0. The molecule has 4 amide bonds. The van der Waals surface area contributed by atoms with E-state index in [9.17, 15) is 0 Å². The zero-order chi connectivity index (χ0) is 79.1. The maximum absolute atomic E-state index is 15.5. The fourth-order valence-electron chi connectivity index (χ4n) is 18.5. The van der Waals surface area contributed by atoms with E-state index < -0.39 is 0 Å². The van der Waals surface area contributed by atoms with Crippen molar-refractivity contribution in [1.29, 1.82) is 0 Å². The number of amides is 4. The number of benzene rings is 7. The SMILES string of the molecule is CCCCCCCCCCCCCCCCCCCCc1c(C)cc(N2C(=O)c3ccc4c5c(Br)cc6c7c(ccc(c8c(Br)cc(c3c48)C2=O)c75)C(=O)N(c2cc(C)c(CCCCCCCCCCCCCCCCCCCC)c(OCCCCCCCCCCCC)c2)C6=O)cc1OCCCCCCCCCCCC. The van der Waals surface area contributed by atoms with Gasteiger partial charge in [-0.2, -0.15) is 0 Å². The van der Waals surface area contributed by atoms with Crippen LogP contribution in [0.15, 0.2) is 69.6 Å². The number of unbranched alkanes of at least 4 members (excludes halogenated alkanes) is 52. The highest BCUT2D eigenvalue weighted by Crippen LogP contribution is 2.52. The fourth-order valence-corrected chi connectivity index (χ4v) is 19.8. The Morgan fingerprint density at radius 2 is 0.491 bits per heavy atom. The summed E-state index contributed by atoms with van der Waals surface area (Å²) in [6.45, 7) is 14.6. The molecular weight excluding hydrogens is 1510 g/mol. The van der Waals surface area contributed by atoms with E-state index in [0.717, 1.165) is 119 Å². The summed E-state index contributed by atoms with van der Waals surface area (Å²) in [7, 11) is 0. The Hall–Kier alpha value is -5.32. The molecule has 0 radical (unpaired) electrons. The summed E-state index contributed by atoms with van der Waals surface area (Å²) in [6.07, 6.45) is 74.8. The molecule has 0 fully saturated rings. The van der Waals surface area contributed by atoms with Gasteiger partial charge in [0.2, 0.25) is 0 Å². The molecule has 112 heavy (non-hydrogen) atoms. The summed E-state index contributed by atoms with van der Waals surface area (Å²) in [6, 6.07) is 19.5. The van der Waals surface area contributed by atoms with Gasteiger partial charge in [0.05, 0.1) is 35.7 Å². The van der Waals surface area contributed by atoms with Gasteiger partial charge < -0.3 is 9.47 Å². The van der Waals surface area contributed by atoms with Crippen LogP contribution in [0.3, 0.4) is 0 Å². The van der Waals surface area contributed by atoms with Gasteiger partial charge in [0.25, 0.3) is 23.6 Å². The maximum atomic E-state index is 15.5. The van der Waals surface area contributed by atoms with Gasteiger partial charge in [0.1, 0.15) is 11.5 Å². The van der Waals surface area contributed by atoms with Crippen LogP contribution in [-0.4, -0.2) is 36.8 Å². The van der Waals surface area contributed by atoms with E-state index in [0.29, 0.717) is 66.6 Å². The van der Waals surface area contributed by atoms with Crippen LogP contribution in [0, 0.1) is 13.8 Å². The Kier molecular flexibility index (Phi) is 41.3. The lowest BCUT2D eigenvalue weighted by molar-refractivity contribution is 0.0877. The zero-order valence-electron chi connectivity index (χ0n) is 71.3. The van der Waals surface area contributed by atoms with Crippen molar-refractivity contribution in [3.63, 3.8) is 0 Å². The molecule has 7 aromatic carbocycles. The van der Waals surface area contributed by atoms with Crippen LogP contribution in [0.25, 0.3) is 43.1 Å². The minimum Gasteiger partial charge on any atom is -0.493 e. The summed E-state index contributed by atoms with van der Waals surface area (Å²) in [5.41, 5.74) is 7.22. The molecule has 0 bridgehead atoms. The summed E-state index contributed by atoms with van der Waals surface area (Å²) >= 11 is 8.04. The number of ether oxygens (including phenoxy) is 2.